The summed E-state index contributed by atoms with van der Waals surface area (Å²) in [5.41, 5.74) is 0. The molecule has 1 amide bonds. The van der Waals surface area contributed by atoms with Crippen LogP contribution in [0.2, 0.25) is 0 Å². The predicted octanol–water partition coefficient (Wildman–Crippen LogP) is 3.27. The zero-order chi connectivity index (χ0) is 16.0. The molecule has 0 N–H and O–H groups in total. The first-order valence-electron chi connectivity index (χ1n) is 8.14. The molecule has 122 valence electrons. The number of hydrogen-bond donors (Lipinski definition) is 0. The minimum Gasteiger partial charge on any atom is -0.345 e. The molecule has 2 fully saturated rings. The van der Waals surface area contributed by atoms with E-state index in [1.54, 1.807) is 11.3 Å². The maximum absolute atomic E-state index is 12.7. The Hall–Kier alpha value is -1.40. The second kappa shape index (κ2) is 5.91. The van der Waals surface area contributed by atoms with Gasteiger partial charge in [-0.25, -0.2) is 4.98 Å². The Kier molecular flexibility index (Phi) is 3.89. The van der Waals surface area contributed by atoms with Crippen molar-refractivity contribution in [2.24, 2.45) is 5.92 Å². The van der Waals surface area contributed by atoms with Crippen LogP contribution in [0.1, 0.15) is 27.0 Å². The summed E-state index contributed by atoms with van der Waals surface area (Å²) in [6, 6.07) is 4.36. The first-order chi connectivity index (χ1) is 11.1. The van der Waals surface area contributed by atoms with Gasteiger partial charge in [0.15, 0.2) is 5.13 Å². The molecule has 2 aromatic rings. The van der Waals surface area contributed by atoms with Crippen LogP contribution in [-0.4, -0.2) is 42.0 Å². The van der Waals surface area contributed by atoms with Crippen LogP contribution in [0.25, 0.3) is 0 Å². The molecular formula is C17H21N3OS2. The number of amides is 1. The van der Waals surface area contributed by atoms with Crippen molar-refractivity contribution >= 4 is 33.7 Å². The Bertz CT molecular complexity index is 715. The van der Waals surface area contributed by atoms with Gasteiger partial charge in [-0.1, -0.05) is 0 Å². The molecule has 23 heavy (non-hydrogen) atoms. The molecule has 0 spiro atoms. The molecule has 1 aliphatic carbocycles. The molecular weight excluding hydrogens is 326 g/mol. The van der Waals surface area contributed by atoms with E-state index in [0.717, 1.165) is 37.7 Å². The van der Waals surface area contributed by atoms with Crippen LogP contribution >= 0.6 is 22.7 Å². The third kappa shape index (κ3) is 3.02. The Morgan fingerprint density at radius 1 is 1.13 bits per heavy atom. The highest BCUT2D eigenvalue weighted by atomic mass is 32.1. The van der Waals surface area contributed by atoms with E-state index < -0.39 is 0 Å². The summed E-state index contributed by atoms with van der Waals surface area (Å²) in [6.45, 7) is 7.66. The van der Waals surface area contributed by atoms with Crippen molar-refractivity contribution in [2.75, 3.05) is 31.1 Å². The van der Waals surface area contributed by atoms with Crippen molar-refractivity contribution in [3.63, 3.8) is 0 Å². The van der Waals surface area contributed by atoms with Crippen molar-refractivity contribution in [1.29, 1.82) is 0 Å². The monoisotopic (exact) mass is 347 g/mol. The van der Waals surface area contributed by atoms with Gasteiger partial charge in [-0.15, -0.1) is 22.7 Å². The van der Waals surface area contributed by atoms with Gasteiger partial charge < -0.3 is 9.80 Å². The first kappa shape index (κ1) is 15.1. The normalized spacial score (nSPS) is 24.1. The van der Waals surface area contributed by atoms with Crippen molar-refractivity contribution in [2.45, 2.75) is 26.2 Å². The largest absolute Gasteiger partial charge is 0.345 e. The maximum Gasteiger partial charge on any atom is 0.226 e. The number of hydrogen-bond acceptors (Lipinski definition) is 5. The van der Waals surface area contributed by atoms with E-state index in [0.29, 0.717) is 11.8 Å². The van der Waals surface area contributed by atoms with Crippen molar-refractivity contribution in [3.8, 4) is 0 Å². The quantitative estimate of drug-likeness (QED) is 0.855. The molecule has 0 bridgehead atoms. The molecule has 0 radical (unpaired) electrons. The third-order valence-corrected chi connectivity index (χ3v) is 6.81. The molecule has 2 aliphatic rings. The number of aromatic nitrogens is 1. The van der Waals surface area contributed by atoms with Crippen LogP contribution < -0.4 is 4.90 Å². The van der Waals surface area contributed by atoms with E-state index in [1.807, 2.05) is 17.5 Å². The van der Waals surface area contributed by atoms with Crippen molar-refractivity contribution < 1.29 is 4.79 Å². The lowest BCUT2D eigenvalue weighted by Crippen LogP contribution is -2.49. The van der Waals surface area contributed by atoms with Crippen LogP contribution in [-0.2, 0) is 4.79 Å². The zero-order valence-corrected chi connectivity index (χ0v) is 15.1. The summed E-state index contributed by atoms with van der Waals surface area (Å²) in [4.78, 5) is 25.5. The molecule has 1 aliphatic heterocycles. The highest BCUT2D eigenvalue weighted by Gasteiger charge is 2.46. The van der Waals surface area contributed by atoms with Crippen LogP contribution in [0.3, 0.4) is 0 Å². The number of rotatable bonds is 3. The van der Waals surface area contributed by atoms with Crippen LogP contribution in [0, 0.1) is 19.8 Å². The molecule has 1 saturated heterocycles. The molecule has 2 atom stereocenters. The van der Waals surface area contributed by atoms with Crippen molar-refractivity contribution in [3.05, 3.63) is 33.0 Å². The fraction of sp³-hybridized carbons (Fsp3) is 0.529. The number of thiophene rings is 1. The molecule has 4 rings (SSSR count). The molecule has 3 heterocycles. The van der Waals surface area contributed by atoms with E-state index in [9.17, 15) is 4.79 Å². The van der Waals surface area contributed by atoms with E-state index >= 15 is 0 Å². The van der Waals surface area contributed by atoms with E-state index in [1.165, 1.54) is 14.6 Å². The smallest absolute Gasteiger partial charge is 0.226 e. The SMILES string of the molecule is Cc1ccc([C@H]2C[C@H]2C(=O)N2CCN(c3ncc(C)s3)CC2)s1. The summed E-state index contributed by atoms with van der Waals surface area (Å²) in [6.07, 6.45) is 2.96. The Morgan fingerprint density at radius 2 is 1.91 bits per heavy atom. The summed E-state index contributed by atoms with van der Waals surface area (Å²) < 4.78 is 0. The topological polar surface area (TPSA) is 36.4 Å². The van der Waals surface area contributed by atoms with Gasteiger partial charge in [0.25, 0.3) is 0 Å². The number of anilines is 1. The third-order valence-electron chi connectivity index (χ3n) is 4.71. The Labute approximate surface area is 144 Å². The molecule has 6 heteroatoms. The zero-order valence-electron chi connectivity index (χ0n) is 13.5. The fourth-order valence-electron chi connectivity index (χ4n) is 3.28. The summed E-state index contributed by atoms with van der Waals surface area (Å²) in [7, 11) is 0. The van der Waals surface area contributed by atoms with E-state index in [2.05, 4.69) is 40.8 Å². The molecule has 1 saturated carbocycles. The van der Waals surface area contributed by atoms with Crippen LogP contribution in [0.15, 0.2) is 18.3 Å². The molecule has 2 aromatic heterocycles. The first-order valence-corrected chi connectivity index (χ1v) is 9.77. The second-order valence-corrected chi connectivity index (χ2v) is 9.00. The minimum absolute atomic E-state index is 0.224. The average molecular weight is 348 g/mol. The summed E-state index contributed by atoms with van der Waals surface area (Å²) in [5.74, 6) is 1.05. The van der Waals surface area contributed by atoms with Crippen LogP contribution in [0.5, 0.6) is 0 Å². The number of thiazole rings is 1. The minimum atomic E-state index is 0.224. The molecule has 0 aromatic carbocycles. The standard InChI is InChI=1S/C17H21N3OS2/c1-11-3-4-15(22-11)13-9-14(13)16(21)19-5-7-20(8-6-19)17-18-10-12(2)23-17/h3-4,10,13-14H,5-9H2,1-2H3/t13-,14+/m0/s1. The van der Waals surface area contributed by atoms with Gasteiger partial charge in [0, 0.05) is 58.8 Å². The van der Waals surface area contributed by atoms with Gasteiger partial charge in [-0.2, -0.15) is 0 Å². The number of carbonyl (C=O) groups excluding carboxylic acids is 1. The lowest BCUT2D eigenvalue weighted by Gasteiger charge is -2.34. The fourth-order valence-corrected chi connectivity index (χ4v) is 5.14. The number of aryl methyl sites for hydroxylation is 2. The summed E-state index contributed by atoms with van der Waals surface area (Å²) in [5, 5.41) is 1.09. The second-order valence-electron chi connectivity index (χ2n) is 6.46. The van der Waals surface area contributed by atoms with Gasteiger partial charge in [-0.05, 0) is 32.4 Å². The van der Waals surface area contributed by atoms with Gasteiger partial charge in [0.05, 0.1) is 0 Å². The van der Waals surface area contributed by atoms with Crippen LogP contribution in [0.4, 0.5) is 5.13 Å². The highest BCUT2D eigenvalue weighted by molar-refractivity contribution is 7.15. The van der Waals surface area contributed by atoms with Gasteiger partial charge in [-0.3, -0.25) is 4.79 Å². The van der Waals surface area contributed by atoms with Gasteiger partial charge in [0.1, 0.15) is 0 Å². The number of piperazine rings is 1. The number of carbonyl (C=O) groups is 1. The average Bonchev–Trinajstić information content (AvgIpc) is 3.05. The lowest BCUT2D eigenvalue weighted by molar-refractivity contribution is -0.132. The summed E-state index contributed by atoms with van der Waals surface area (Å²) >= 11 is 3.58. The maximum atomic E-state index is 12.7. The van der Waals surface area contributed by atoms with Crippen molar-refractivity contribution in [1.82, 2.24) is 9.88 Å². The Morgan fingerprint density at radius 3 is 2.52 bits per heavy atom. The number of nitrogens with zero attached hydrogens (tertiary/aromatic N) is 3. The Balaban J connectivity index is 1.33. The molecule has 0 unspecified atom stereocenters. The predicted molar refractivity (Wildman–Crippen MR) is 95.5 cm³/mol. The molecule has 4 nitrogen and oxygen atoms in total. The van der Waals surface area contributed by atoms with Gasteiger partial charge >= 0.3 is 0 Å². The lowest BCUT2D eigenvalue weighted by atomic mass is 10.2. The highest BCUT2D eigenvalue weighted by Crippen LogP contribution is 2.50. The van der Waals surface area contributed by atoms with Gasteiger partial charge in [0.2, 0.25) is 5.91 Å². The van der Waals surface area contributed by atoms with E-state index in [4.69, 9.17) is 0 Å². The van der Waals surface area contributed by atoms with E-state index in [-0.39, 0.29) is 5.92 Å².